The summed E-state index contributed by atoms with van der Waals surface area (Å²) in [6.45, 7) is 4.32. The monoisotopic (exact) mass is 298 g/mol. The Morgan fingerprint density at radius 2 is 1.50 bits per heavy atom. The summed E-state index contributed by atoms with van der Waals surface area (Å²) < 4.78 is 0. The van der Waals surface area contributed by atoms with Crippen molar-refractivity contribution in [1.82, 2.24) is 9.80 Å². The molecule has 0 amide bonds. The molecule has 0 atom stereocenters. The van der Waals surface area contributed by atoms with Gasteiger partial charge in [-0.1, -0.05) is 0 Å². The fraction of sp³-hybridized carbons (Fsp3) is 0.917. The third-order valence-corrected chi connectivity index (χ3v) is 4.08. The van der Waals surface area contributed by atoms with Crippen molar-refractivity contribution in [3.05, 3.63) is 0 Å². The van der Waals surface area contributed by atoms with E-state index in [1.165, 1.54) is 25.9 Å². The van der Waals surface area contributed by atoms with Crippen LogP contribution < -0.4 is 0 Å². The van der Waals surface area contributed by atoms with Gasteiger partial charge >= 0.3 is 5.97 Å². The molecule has 4 nitrogen and oxygen atoms in total. The van der Waals surface area contributed by atoms with E-state index < -0.39 is 5.97 Å². The van der Waals surface area contributed by atoms with Crippen LogP contribution in [0.2, 0.25) is 0 Å². The molecule has 0 bridgehead atoms. The van der Waals surface area contributed by atoms with Crippen LogP contribution in [0.5, 0.6) is 0 Å². The van der Waals surface area contributed by atoms with Crippen LogP contribution in [0.4, 0.5) is 0 Å². The minimum absolute atomic E-state index is 0. The van der Waals surface area contributed by atoms with E-state index >= 15 is 0 Å². The van der Waals surface area contributed by atoms with Crippen molar-refractivity contribution in [3.63, 3.8) is 0 Å². The standard InChI is InChI=1S/C12H22N2O2.2ClH/c1-13-6-4-11(5-7-13)14-8-2-10(3-9-14)12(15)16;;/h10-11H,2-9H2,1H3,(H,15,16);2*1H. The average Bonchev–Trinajstić information content (AvgIpc) is 2.30. The second-order valence-electron chi connectivity index (χ2n) is 5.18. The highest BCUT2D eigenvalue weighted by atomic mass is 35.5. The van der Waals surface area contributed by atoms with Crippen LogP contribution in [0.15, 0.2) is 0 Å². The first-order valence-corrected chi connectivity index (χ1v) is 6.32. The molecule has 0 aliphatic carbocycles. The summed E-state index contributed by atoms with van der Waals surface area (Å²) in [5.74, 6) is -0.703. The Hall–Kier alpha value is -0.0300. The first kappa shape index (κ1) is 18.0. The Balaban J connectivity index is 0.00000144. The Morgan fingerprint density at radius 3 is 1.94 bits per heavy atom. The van der Waals surface area contributed by atoms with Gasteiger partial charge in [0.15, 0.2) is 0 Å². The summed E-state index contributed by atoms with van der Waals surface area (Å²) in [5.41, 5.74) is 0. The van der Waals surface area contributed by atoms with Crippen LogP contribution in [0, 0.1) is 5.92 Å². The van der Waals surface area contributed by atoms with Crippen molar-refractivity contribution >= 4 is 30.8 Å². The Kier molecular flexibility index (Phi) is 8.19. The molecule has 0 unspecified atom stereocenters. The largest absolute Gasteiger partial charge is 0.481 e. The van der Waals surface area contributed by atoms with Crippen LogP contribution >= 0.6 is 24.8 Å². The van der Waals surface area contributed by atoms with Crippen molar-refractivity contribution < 1.29 is 9.90 Å². The number of aliphatic carboxylic acids is 1. The number of nitrogens with zero attached hydrogens (tertiary/aromatic N) is 2. The second kappa shape index (κ2) is 8.20. The molecule has 2 fully saturated rings. The molecule has 0 aromatic heterocycles. The highest BCUT2D eigenvalue weighted by Gasteiger charge is 2.29. The van der Waals surface area contributed by atoms with Gasteiger partial charge in [0.1, 0.15) is 0 Å². The number of carboxylic acid groups (broad SMARTS) is 1. The van der Waals surface area contributed by atoms with Gasteiger partial charge in [0.05, 0.1) is 5.92 Å². The summed E-state index contributed by atoms with van der Waals surface area (Å²) in [7, 11) is 2.17. The van der Waals surface area contributed by atoms with Crippen LogP contribution in [0.1, 0.15) is 25.7 Å². The number of likely N-dealkylation sites (tertiary alicyclic amines) is 2. The van der Waals surface area contributed by atoms with Crippen molar-refractivity contribution in [3.8, 4) is 0 Å². The molecular formula is C12H24Cl2N2O2. The summed E-state index contributed by atoms with van der Waals surface area (Å²) in [6, 6.07) is 0.700. The van der Waals surface area contributed by atoms with Crippen molar-refractivity contribution in [2.75, 3.05) is 33.2 Å². The molecule has 108 valence electrons. The highest BCUT2D eigenvalue weighted by Crippen LogP contribution is 2.23. The summed E-state index contributed by atoms with van der Waals surface area (Å²) in [5, 5.41) is 8.94. The maximum atomic E-state index is 10.9. The molecule has 6 heteroatoms. The lowest BCUT2D eigenvalue weighted by molar-refractivity contribution is -0.143. The quantitative estimate of drug-likeness (QED) is 0.843. The smallest absolute Gasteiger partial charge is 0.306 e. The molecule has 2 aliphatic rings. The molecule has 2 saturated heterocycles. The number of rotatable bonds is 2. The number of carbonyl (C=O) groups is 1. The fourth-order valence-electron chi connectivity index (χ4n) is 2.87. The van der Waals surface area contributed by atoms with E-state index in [2.05, 4.69) is 16.8 Å². The average molecular weight is 299 g/mol. The molecule has 2 heterocycles. The van der Waals surface area contributed by atoms with Crippen molar-refractivity contribution in [2.24, 2.45) is 5.92 Å². The van der Waals surface area contributed by atoms with Crippen LogP contribution in [-0.2, 0) is 4.79 Å². The molecule has 18 heavy (non-hydrogen) atoms. The van der Waals surface area contributed by atoms with Gasteiger partial charge in [0, 0.05) is 6.04 Å². The van der Waals surface area contributed by atoms with Gasteiger partial charge in [-0.05, 0) is 58.9 Å². The Morgan fingerprint density at radius 1 is 1.00 bits per heavy atom. The molecule has 0 aromatic carbocycles. The zero-order valence-corrected chi connectivity index (χ0v) is 12.5. The van der Waals surface area contributed by atoms with Gasteiger partial charge in [-0.2, -0.15) is 0 Å². The topological polar surface area (TPSA) is 43.8 Å². The number of piperidine rings is 2. The highest BCUT2D eigenvalue weighted by molar-refractivity contribution is 5.85. The molecule has 0 aromatic rings. The third kappa shape index (κ3) is 4.57. The van der Waals surface area contributed by atoms with Crippen LogP contribution in [-0.4, -0.2) is 60.1 Å². The van der Waals surface area contributed by atoms with E-state index in [4.69, 9.17) is 5.11 Å². The predicted octanol–water partition coefficient (Wildman–Crippen LogP) is 1.72. The van der Waals surface area contributed by atoms with E-state index in [1.807, 2.05) is 0 Å². The number of halogens is 2. The molecule has 2 rings (SSSR count). The summed E-state index contributed by atoms with van der Waals surface area (Å²) in [6.07, 6.45) is 4.16. The summed E-state index contributed by atoms with van der Waals surface area (Å²) >= 11 is 0. The zero-order chi connectivity index (χ0) is 11.5. The lowest BCUT2D eigenvalue weighted by Crippen LogP contribution is -2.47. The van der Waals surface area contributed by atoms with Gasteiger partial charge in [0.25, 0.3) is 0 Å². The summed E-state index contributed by atoms with van der Waals surface area (Å²) in [4.78, 5) is 15.7. The zero-order valence-electron chi connectivity index (χ0n) is 10.9. The van der Waals surface area contributed by atoms with Gasteiger partial charge in [-0.15, -0.1) is 24.8 Å². The van der Waals surface area contributed by atoms with Gasteiger partial charge in [0.2, 0.25) is 0 Å². The SMILES string of the molecule is CN1CCC(N2CCC(C(=O)O)CC2)CC1.Cl.Cl. The molecule has 0 spiro atoms. The first-order chi connectivity index (χ1) is 7.66. The normalized spacial score (nSPS) is 24.1. The van der Waals surface area contributed by atoms with Crippen LogP contribution in [0.3, 0.4) is 0 Å². The van der Waals surface area contributed by atoms with Crippen molar-refractivity contribution in [2.45, 2.75) is 31.7 Å². The van der Waals surface area contributed by atoms with E-state index in [1.54, 1.807) is 0 Å². The van der Waals surface area contributed by atoms with Gasteiger partial charge in [-0.25, -0.2) is 0 Å². The lowest BCUT2D eigenvalue weighted by atomic mass is 9.94. The molecule has 1 N–H and O–H groups in total. The number of hydrogen-bond acceptors (Lipinski definition) is 3. The minimum atomic E-state index is -0.608. The van der Waals surface area contributed by atoms with E-state index in [0.29, 0.717) is 6.04 Å². The Labute approximate surface area is 122 Å². The number of carboxylic acids is 1. The number of hydrogen-bond donors (Lipinski definition) is 1. The molecular weight excluding hydrogens is 275 g/mol. The molecule has 0 saturated carbocycles. The molecule has 2 aliphatic heterocycles. The van der Waals surface area contributed by atoms with Gasteiger partial charge < -0.3 is 14.9 Å². The maximum Gasteiger partial charge on any atom is 0.306 e. The van der Waals surface area contributed by atoms with Crippen molar-refractivity contribution in [1.29, 1.82) is 0 Å². The minimum Gasteiger partial charge on any atom is -0.481 e. The Bertz CT molecular complexity index is 250. The predicted molar refractivity (Wildman–Crippen MR) is 76.9 cm³/mol. The second-order valence-corrected chi connectivity index (χ2v) is 5.18. The maximum absolute atomic E-state index is 10.9. The van der Waals surface area contributed by atoms with E-state index in [-0.39, 0.29) is 30.7 Å². The third-order valence-electron chi connectivity index (χ3n) is 4.08. The molecule has 0 radical (unpaired) electrons. The first-order valence-electron chi connectivity index (χ1n) is 6.32. The van der Waals surface area contributed by atoms with Crippen LogP contribution in [0.25, 0.3) is 0 Å². The lowest BCUT2D eigenvalue weighted by Gasteiger charge is -2.40. The van der Waals surface area contributed by atoms with Gasteiger partial charge in [-0.3, -0.25) is 4.79 Å². The fourth-order valence-corrected chi connectivity index (χ4v) is 2.87. The van der Waals surface area contributed by atoms with E-state index in [0.717, 1.165) is 25.9 Å². The van der Waals surface area contributed by atoms with E-state index in [9.17, 15) is 4.79 Å².